The Kier molecular flexibility index (Phi) is 5.20. The van der Waals surface area contributed by atoms with E-state index in [-0.39, 0.29) is 5.91 Å². The molecule has 1 aliphatic heterocycles. The van der Waals surface area contributed by atoms with Crippen LogP contribution in [0.3, 0.4) is 0 Å². The molecule has 1 aromatic heterocycles. The predicted octanol–water partition coefficient (Wildman–Crippen LogP) is 3.70. The molecule has 2 atom stereocenters. The average Bonchev–Trinajstić information content (AvgIpc) is 3.06. The fraction of sp³-hybridized carbons (Fsp3) is 0.300. The smallest absolute Gasteiger partial charge is 0.279 e. The van der Waals surface area contributed by atoms with Crippen LogP contribution in [0, 0.1) is 0 Å². The van der Waals surface area contributed by atoms with Crippen LogP contribution < -0.4 is 10.2 Å². The summed E-state index contributed by atoms with van der Waals surface area (Å²) in [5.41, 5.74) is 1.80. The quantitative estimate of drug-likeness (QED) is 0.718. The summed E-state index contributed by atoms with van der Waals surface area (Å²) in [5, 5.41) is 4.74. The molecule has 1 saturated heterocycles. The van der Waals surface area contributed by atoms with E-state index in [1.807, 2.05) is 24.3 Å². The lowest BCUT2D eigenvalue weighted by atomic mass is 10.0. The van der Waals surface area contributed by atoms with Crippen molar-refractivity contribution in [3.05, 3.63) is 58.6 Å². The van der Waals surface area contributed by atoms with Crippen molar-refractivity contribution in [1.29, 1.82) is 0 Å². The van der Waals surface area contributed by atoms with E-state index in [4.69, 9.17) is 16.6 Å². The summed E-state index contributed by atoms with van der Waals surface area (Å²) in [6, 6.07) is 15.8. The molecule has 2 heterocycles. The number of piperidine rings is 1. The molecule has 1 aliphatic rings. The number of aromatic nitrogens is 1. The molecule has 4 rings (SSSR count). The Bertz CT molecular complexity index is 893. The highest BCUT2D eigenvalue weighted by Gasteiger charge is 2.31. The minimum absolute atomic E-state index is 0.0234. The standard InChI is InChI=1S/C20H20ClN3OS/c21-14-6-5-7-15(12-14)22-19(25)13-24-11-4-3-9-17(24)20-23-16-8-1-2-10-18(16)26-20/h1-2,5-8,10,12,17H,3-4,9,11,13H2,(H,22,25)/p+1/t17-/m1/s1. The van der Waals surface area contributed by atoms with E-state index in [9.17, 15) is 4.79 Å². The second-order valence-electron chi connectivity index (χ2n) is 6.71. The van der Waals surface area contributed by atoms with E-state index in [1.165, 1.54) is 16.0 Å². The minimum Gasteiger partial charge on any atom is -0.321 e. The summed E-state index contributed by atoms with van der Waals surface area (Å²) in [7, 11) is 0. The lowest BCUT2D eigenvalue weighted by Crippen LogP contribution is -3.14. The Morgan fingerprint density at radius 3 is 2.96 bits per heavy atom. The van der Waals surface area contributed by atoms with Crippen LogP contribution in [0.25, 0.3) is 10.2 Å². The van der Waals surface area contributed by atoms with Crippen LogP contribution in [-0.4, -0.2) is 24.0 Å². The summed E-state index contributed by atoms with van der Waals surface area (Å²) in [6.45, 7) is 1.46. The maximum atomic E-state index is 12.5. The molecule has 0 aliphatic carbocycles. The van der Waals surface area contributed by atoms with Gasteiger partial charge in [-0.1, -0.05) is 29.8 Å². The molecule has 1 amide bonds. The number of nitrogens with one attached hydrogen (secondary N) is 2. The number of hydrogen-bond acceptors (Lipinski definition) is 3. The molecule has 0 spiro atoms. The number of para-hydroxylation sites is 1. The summed E-state index contributed by atoms with van der Waals surface area (Å²) in [4.78, 5) is 18.7. The highest BCUT2D eigenvalue weighted by molar-refractivity contribution is 7.18. The van der Waals surface area contributed by atoms with E-state index in [2.05, 4.69) is 17.4 Å². The average molecular weight is 387 g/mol. The number of hydrogen-bond donors (Lipinski definition) is 2. The van der Waals surface area contributed by atoms with Gasteiger partial charge in [-0.3, -0.25) is 4.79 Å². The second kappa shape index (κ2) is 7.74. The lowest BCUT2D eigenvalue weighted by molar-refractivity contribution is -0.929. The molecule has 3 aromatic rings. The van der Waals surface area contributed by atoms with Gasteiger partial charge in [0, 0.05) is 17.1 Å². The van der Waals surface area contributed by atoms with Crippen LogP contribution >= 0.6 is 22.9 Å². The van der Waals surface area contributed by atoms with Gasteiger partial charge >= 0.3 is 0 Å². The van der Waals surface area contributed by atoms with Crippen molar-refractivity contribution in [3.8, 4) is 0 Å². The van der Waals surface area contributed by atoms with E-state index in [1.54, 1.807) is 23.5 Å². The van der Waals surface area contributed by atoms with E-state index in [0.29, 0.717) is 17.6 Å². The molecular formula is C20H21ClN3OS+. The molecule has 2 aromatic carbocycles. The third-order valence-corrected chi connectivity index (χ3v) is 6.22. The van der Waals surface area contributed by atoms with Crippen molar-refractivity contribution >= 4 is 44.7 Å². The highest BCUT2D eigenvalue weighted by atomic mass is 35.5. The Hall–Kier alpha value is -1.95. The van der Waals surface area contributed by atoms with Crippen molar-refractivity contribution < 1.29 is 9.69 Å². The summed E-state index contributed by atoms with van der Waals surface area (Å²) in [6.07, 6.45) is 3.43. The first-order valence-corrected chi connectivity index (χ1v) is 10.1. The van der Waals surface area contributed by atoms with Crippen LogP contribution in [0.2, 0.25) is 5.02 Å². The van der Waals surface area contributed by atoms with E-state index in [0.717, 1.165) is 35.6 Å². The van der Waals surface area contributed by atoms with Gasteiger partial charge < -0.3 is 10.2 Å². The monoisotopic (exact) mass is 386 g/mol. The van der Waals surface area contributed by atoms with Crippen molar-refractivity contribution in [2.75, 3.05) is 18.4 Å². The number of benzene rings is 2. The molecule has 0 radical (unpaired) electrons. The largest absolute Gasteiger partial charge is 0.321 e. The van der Waals surface area contributed by atoms with Gasteiger partial charge in [0.15, 0.2) is 11.6 Å². The molecule has 1 unspecified atom stereocenters. The fourth-order valence-electron chi connectivity index (χ4n) is 3.61. The lowest BCUT2D eigenvalue weighted by Gasteiger charge is -2.30. The van der Waals surface area contributed by atoms with Crippen LogP contribution in [0.4, 0.5) is 5.69 Å². The van der Waals surface area contributed by atoms with Crippen LogP contribution in [0.1, 0.15) is 30.3 Å². The molecule has 26 heavy (non-hydrogen) atoms. The van der Waals surface area contributed by atoms with Crippen LogP contribution in [-0.2, 0) is 4.79 Å². The van der Waals surface area contributed by atoms with Gasteiger partial charge in [0.25, 0.3) is 5.91 Å². The van der Waals surface area contributed by atoms with Gasteiger partial charge in [-0.05, 0) is 43.2 Å². The summed E-state index contributed by atoms with van der Waals surface area (Å²) < 4.78 is 1.22. The molecule has 0 bridgehead atoms. The maximum absolute atomic E-state index is 12.5. The molecule has 6 heteroatoms. The van der Waals surface area contributed by atoms with Gasteiger partial charge in [0.05, 0.1) is 16.8 Å². The molecule has 4 nitrogen and oxygen atoms in total. The van der Waals surface area contributed by atoms with Crippen LogP contribution in [0.5, 0.6) is 0 Å². The number of quaternary nitrogens is 1. The van der Waals surface area contributed by atoms with Crippen molar-refractivity contribution in [2.24, 2.45) is 0 Å². The first-order valence-electron chi connectivity index (χ1n) is 8.94. The van der Waals surface area contributed by atoms with Crippen molar-refractivity contribution in [2.45, 2.75) is 25.3 Å². The Labute approximate surface area is 161 Å². The second-order valence-corrected chi connectivity index (χ2v) is 8.21. The van der Waals surface area contributed by atoms with Crippen LogP contribution in [0.15, 0.2) is 48.5 Å². The van der Waals surface area contributed by atoms with Gasteiger partial charge in [0.1, 0.15) is 6.04 Å². The molecular weight excluding hydrogens is 366 g/mol. The highest BCUT2D eigenvalue weighted by Crippen LogP contribution is 2.28. The zero-order valence-electron chi connectivity index (χ0n) is 14.4. The first kappa shape index (κ1) is 17.5. The number of carbonyl (C=O) groups is 1. The van der Waals surface area contributed by atoms with Gasteiger partial charge in [-0.25, -0.2) is 4.98 Å². The topological polar surface area (TPSA) is 46.4 Å². The summed E-state index contributed by atoms with van der Waals surface area (Å²) in [5.74, 6) is 0.0234. The SMILES string of the molecule is O=C(C[NH+]1CCCC[C@@H]1c1nc2ccccc2s1)Nc1cccc(Cl)c1. The van der Waals surface area contributed by atoms with Gasteiger partial charge in [0.2, 0.25) is 0 Å². The fourth-order valence-corrected chi connectivity index (χ4v) is 4.96. The number of carbonyl (C=O) groups excluding carboxylic acids is 1. The van der Waals surface area contributed by atoms with Crippen molar-refractivity contribution in [3.63, 3.8) is 0 Å². The third-order valence-electron chi connectivity index (χ3n) is 4.84. The number of rotatable bonds is 4. The minimum atomic E-state index is 0.0234. The number of nitrogens with zero attached hydrogens (tertiary/aromatic N) is 1. The third kappa shape index (κ3) is 3.90. The maximum Gasteiger partial charge on any atom is 0.279 e. The number of thiazole rings is 1. The zero-order valence-corrected chi connectivity index (χ0v) is 15.9. The normalized spacial score (nSPS) is 20.2. The number of halogens is 1. The van der Waals surface area contributed by atoms with Crippen molar-refractivity contribution in [1.82, 2.24) is 4.98 Å². The van der Waals surface area contributed by atoms with Gasteiger partial charge in [-0.2, -0.15) is 0 Å². The Balaban J connectivity index is 1.49. The molecule has 1 fully saturated rings. The number of amides is 1. The zero-order chi connectivity index (χ0) is 17.9. The Morgan fingerprint density at radius 2 is 2.12 bits per heavy atom. The molecule has 2 N–H and O–H groups in total. The summed E-state index contributed by atoms with van der Waals surface area (Å²) >= 11 is 7.76. The number of fused-ring (bicyclic) bond motifs is 1. The predicted molar refractivity (Wildman–Crippen MR) is 107 cm³/mol. The van der Waals surface area contributed by atoms with E-state index >= 15 is 0 Å². The number of anilines is 1. The molecule has 0 saturated carbocycles. The first-order chi connectivity index (χ1) is 12.7. The van der Waals surface area contributed by atoms with E-state index < -0.39 is 0 Å². The number of likely N-dealkylation sites (tertiary alicyclic amines) is 1. The Morgan fingerprint density at radius 1 is 1.23 bits per heavy atom. The van der Waals surface area contributed by atoms with Gasteiger partial charge in [-0.15, -0.1) is 11.3 Å². The molecule has 134 valence electrons.